The van der Waals surface area contributed by atoms with Crippen molar-refractivity contribution in [1.82, 2.24) is 0 Å². The van der Waals surface area contributed by atoms with E-state index in [9.17, 15) is 0 Å². The molecule has 61 valence electrons. The summed E-state index contributed by atoms with van der Waals surface area (Å²) >= 11 is 1.97. The Morgan fingerprint density at radius 1 is 1.33 bits per heavy atom. The molecule has 1 aromatic rings. The van der Waals surface area contributed by atoms with Crippen LogP contribution < -0.4 is 0 Å². The van der Waals surface area contributed by atoms with E-state index in [1.807, 2.05) is 17.8 Å². The lowest BCUT2D eigenvalue weighted by atomic mass is 10.1. The van der Waals surface area contributed by atoms with Crippen LogP contribution in [0.15, 0.2) is 30.3 Å². The molecule has 12 heavy (non-hydrogen) atoms. The maximum Gasteiger partial charge on any atom is 0.0190 e. The van der Waals surface area contributed by atoms with Gasteiger partial charge in [-0.2, -0.15) is 11.8 Å². The highest BCUT2D eigenvalue weighted by Gasteiger charge is 2.06. The molecule has 0 aromatic heterocycles. The third-order valence-corrected chi connectivity index (χ3v) is 2.92. The Morgan fingerprint density at radius 3 is 2.92 bits per heavy atom. The van der Waals surface area contributed by atoms with Gasteiger partial charge in [0.15, 0.2) is 0 Å². The molecule has 0 saturated carbocycles. The number of hydrogen-bond acceptors (Lipinski definition) is 1. The Labute approximate surface area is 77.7 Å². The van der Waals surface area contributed by atoms with Crippen molar-refractivity contribution >= 4 is 17.3 Å². The second kappa shape index (κ2) is 3.36. The molecule has 1 heteroatoms. The molecule has 2 rings (SSSR count). The van der Waals surface area contributed by atoms with E-state index in [0.717, 1.165) is 17.1 Å². The fourth-order valence-corrected chi connectivity index (χ4v) is 2.30. The number of rotatable bonds is 1. The first-order valence-electron chi connectivity index (χ1n) is 4.05. The van der Waals surface area contributed by atoms with Gasteiger partial charge >= 0.3 is 0 Å². The van der Waals surface area contributed by atoms with Crippen molar-refractivity contribution in [2.75, 3.05) is 11.5 Å². The Balaban J connectivity index is 2.33. The molecule has 1 aliphatic rings. The molecule has 0 fully saturated rings. The highest BCUT2D eigenvalue weighted by Crippen LogP contribution is 2.26. The summed E-state index contributed by atoms with van der Waals surface area (Å²) in [7, 11) is 0. The molecule has 0 spiro atoms. The lowest BCUT2D eigenvalue weighted by Gasteiger charge is -2.01. The zero-order valence-corrected chi connectivity index (χ0v) is 7.73. The molecule has 0 unspecified atom stereocenters. The van der Waals surface area contributed by atoms with E-state index in [1.165, 1.54) is 11.1 Å². The molecule has 1 aromatic carbocycles. The van der Waals surface area contributed by atoms with Crippen molar-refractivity contribution in [2.24, 2.45) is 0 Å². The second-order valence-electron chi connectivity index (χ2n) is 2.94. The van der Waals surface area contributed by atoms with Crippen molar-refractivity contribution in [3.05, 3.63) is 48.4 Å². The normalized spacial score (nSPS) is 16.2. The topological polar surface area (TPSA) is 0 Å². The molecule has 0 aliphatic carbocycles. The van der Waals surface area contributed by atoms with Crippen LogP contribution in [0.5, 0.6) is 0 Å². The van der Waals surface area contributed by atoms with Gasteiger partial charge in [-0.3, -0.25) is 0 Å². The van der Waals surface area contributed by atoms with Crippen LogP contribution in [0.2, 0.25) is 0 Å². The van der Waals surface area contributed by atoms with Gasteiger partial charge in [0.25, 0.3) is 0 Å². The van der Waals surface area contributed by atoms with E-state index < -0.39 is 0 Å². The lowest BCUT2D eigenvalue weighted by molar-refractivity contribution is 1.53. The zero-order valence-electron chi connectivity index (χ0n) is 6.92. The monoisotopic (exact) mass is 175 g/mol. The van der Waals surface area contributed by atoms with Crippen LogP contribution in [0.1, 0.15) is 11.1 Å². The van der Waals surface area contributed by atoms with E-state index >= 15 is 0 Å². The molecule has 0 bridgehead atoms. The number of thioether (sulfide) groups is 1. The van der Waals surface area contributed by atoms with Gasteiger partial charge in [0.1, 0.15) is 0 Å². The van der Waals surface area contributed by atoms with Crippen molar-refractivity contribution in [2.45, 2.75) is 0 Å². The Bertz CT molecular complexity index is 313. The first-order valence-corrected chi connectivity index (χ1v) is 5.21. The van der Waals surface area contributed by atoms with Crippen molar-refractivity contribution in [3.63, 3.8) is 0 Å². The first kappa shape index (κ1) is 7.93. The van der Waals surface area contributed by atoms with Crippen LogP contribution in [0.25, 0.3) is 5.57 Å². The molecular formula is C11H11S. The molecule has 0 saturated heterocycles. The van der Waals surface area contributed by atoms with Gasteiger partial charge in [0.05, 0.1) is 0 Å². The molecule has 1 aliphatic heterocycles. The summed E-state index contributed by atoms with van der Waals surface area (Å²) in [5.41, 5.74) is 3.91. The number of hydrogen-bond donors (Lipinski definition) is 0. The van der Waals surface area contributed by atoms with E-state index in [-0.39, 0.29) is 0 Å². The van der Waals surface area contributed by atoms with Gasteiger partial charge in [0.2, 0.25) is 0 Å². The van der Waals surface area contributed by atoms with Crippen LogP contribution in [0.3, 0.4) is 0 Å². The van der Waals surface area contributed by atoms with Crippen molar-refractivity contribution < 1.29 is 0 Å². The van der Waals surface area contributed by atoms with E-state index in [2.05, 4.69) is 31.2 Å². The fraction of sp³-hybridized carbons (Fsp3) is 0.182. The summed E-state index contributed by atoms with van der Waals surface area (Å²) < 4.78 is 0. The van der Waals surface area contributed by atoms with Gasteiger partial charge in [0, 0.05) is 11.5 Å². The van der Waals surface area contributed by atoms with Gasteiger partial charge in [-0.05, 0) is 23.6 Å². The minimum atomic E-state index is 1.10. The average molecular weight is 175 g/mol. The molecule has 1 radical (unpaired) electrons. The predicted octanol–water partition coefficient (Wildman–Crippen LogP) is 3.00. The lowest BCUT2D eigenvalue weighted by Crippen LogP contribution is -1.83. The SMILES string of the molecule is [CH2]c1cccc(C2=CCSC2)c1. The van der Waals surface area contributed by atoms with Gasteiger partial charge in [-0.1, -0.05) is 30.3 Å². The second-order valence-corrected chi connectivity index (χ2v) is 3.98. The van der Waals surface area contributed by atoms with Crippen LogP contribution >= 0.6 is 11.8 Å². The molecule has 0 atom stereocenters. The Morgan fingerprint density at radius 2 is 2.25 bits per heavy atom. The van der Waals surface area contributed by atoms with Crippen LogP contribution in [-0.2, 0) is 0 Å². The van der Waals surface area contributed by atoms with Gasteiger partial charge < -0.3 is 0 Å². The standard InChI is InChI=1S/C11H11S/c1-9-3-2-4-10(7-9)11-5-6-12-8-11/h2-5,7H,1,6,8H2. The summed E-state index contributed by atoms with van der Waals surface area (Å²) in [5.74, 6) is 2.32. The summed E-state index contributed by atoms with van der Waals surface area (Å²) in [5, 5.41) is 0. The minimum absolute atomic E-state index is 1.10. The summed E-state index contributed by atoms with van der Waals surface area (Å²) in [6, 6.07) is 8.41. The zero-order chi connectivity index (χ0) is 8.39. The highest BCUT2D eigenvalue weighted by molar-refractivity contribution is 8.00. The van der Waals surface area contributed by atoms with Crippen molar-refractivity contribution in [1.29, 1.82) is 0 Å². The molecule has 0 N–H and O–H groups in total. The van der Waals surface area contributed by atoms with E-state index in [1.54, 1.807) is 0 Å². The molecule has 1 heterocycles. The quantitative estimate of drug-likeness (QED) is 0.632. The van der Waals surface area contributed by atoms with E-state index in [4.69, 9.17) is 0 Å². The molecule has 0 nitrogen and oxygen atoms in total. The maximum absolute atomic E-state index is 3.92. The molecule has 0 amide bonds. The Hall–Kier alpha value is -0.690. The van der Waals surface area contributed by atoms with Crippen LogP contribution in [0, 0.1) is 6.92 Å². The third kappa shape index (κ3) is 1.56. The fourth-order valence-electron chi connectivity index (χ4n) is 1.36. The van der Waals surface area contributed by atoms with Gasteiger partial charge in [-0.25, -0.2) is 0 Å². The summed E-state index contributed by atoms with van der Waals surface area (Å²) in [4.78, 5) is 0. The minimum Gasteiger partial charge on any atom is -0.153 e. The first-order chi connectivity index (χ1) is 5.86. The smallest absolute Gasteiger partial charge is 0.0190 e. The Kier molecular flexibility index (Phi) is 2.22. The van der Waals surface area contributed by atoms with E-state index in [0.29, 0.717) is 0 Å². The van der Waals surface area contributed by atoms with Gasteiger partial charge in [-0.15, -0.1) is 0 Å². The third-order valence-electron chi connectivity index (χ3n) is 2.00. The number of benzene rings is 1. The van der Waals surface area contributed by atoms with Crippen LogP contribution in [-0.4, -0.2) is 11.5 Å². The van der Waals surface area contributed by atoms with Crippen molar-refractivity contribution in [3.8, 4) is 0 Å². The predicted molar refractivity (Wildman–Crippen MR) is 56.2 cm³/mol. The maximum atomic E-state index is 3.92. The molecular weight excluding hydrogens is 164 g/mol. The average Bonchev–Trinajstić information content (AvgIpc) is 2.56. The largest absolute Gasteiger partial charge is 0.153 e. The van der Waals surface area contributed by atoms with Crippen LogP contribution in [0.4, 0.5) is 0 Å². The highest BCUT2D eigenvalue weighted by atomic mass is 32.2. The summed E-state index contributed by atoms with van der Waals surface area (Å²) in [6.07, 6.45) is 2.30. The summed E-state index contributed by atoms with van der Waals surface area (Å²) in [6.45, 7) is 3.92.